The van der Waals surface area contributed by atoms with E-state index in [0.717, 1.165) is 18.1 Å². The zero-order chi connectivity index (χ0) is 10.4. The Balaban J connectivity index is 2.37. The Bertz CT molecular complexity index is 278. The first-order valence-electron chi connectivity index (χ1n) is 4.74. The molecule has 1 N–H and O–H groups in total. The van der Waals surface area contributed by atoms with Crippen LogP contribution in [0.5, 0.6) is 0 Å². The second kappa shape index (κ2) is 5.86. The van der Waals surface area contributed by atoms with Gasteiger partial charge >= 0.3 is 0 Å². The molecule has 0 aliphatic rings. The van der Waals surface area contributed by atoms with Crippen LogP contribution in [0.15, 0.2) is 12.4 Å². The van der Waals surface area contributed by atoms with Crippen LogP contribution in [0, 0.1) is 12.8 Å². The lowest BCUT2D eigenvalue weighted by Gasteiger charge is -2.11. The molecule has 1 aromatic rings. The first kappa shape index (κ1) is 11.3. The summed E-state index contributed by atoms with van der Waals surface area (Å²) in [6.07, 6.45) is 3.72. The van der Waals surface area contributed by atoms with E-state index in [1.54, 1.807) is 6.33 Å². The van der Waals surface area contributed by atoms with E-state index < -0.39 is 0 Å². The Morgan fingerprint density at radius 2 is 2.29 bits per heavy atom. The van der Waals surface area contributed by atoms with E-state index in [1.165, 1.54) is 5.75 Å². The van der Waals surface area contributed by atoms with E-state index in [-0.39, 0.29) is 0 Å². The minimum Gasteiger partial charge on any atom is -0.370 e. The topological polar surface area (TPSA) is 37.8 Å². The van der Waals surface area contributed by atoms with Crippen LogP contribution >= 0.6 is 11.8 Å². The molecule has 1 rings (SSSR count). The summed E-state index contributed by atoms with van der Waals surface area (Å²) in [7, 11) is 0. The second-order valence-corrected chi connectivity index (χ2v) is 4.40. The van der Waals surface area contributed by atoms with E-state index >= 15 is 0 Å². The van der Waals surface area contributed by atoms with Gasteiger partial charge in [0, 0.05) is 18.3 Å². The molecular weight excluding hydrogens is 194 g/mol. The number of nitrogens with zero attached hydrogens (tertiary/aromatic N) is 2. The lowest BCUT2D eigenvalue weighted by molar-refractivity contribution is 0.699. The monoisotopic (exact) mass is 211 g/mol. The van der Waals surface area contributed by atoms with Crippen LogP contribution < -0.4 is 5.32 Å². The normalized spacial score (nSPS) is 12.5. The molecule has 0 radical (unpaired) electrons. The molecule has 0 saturated carbocycles. The summed E-state index contributed by atoms with van der Waals surface area (Å²) in [5.41, 5.74) is 1.00. The van der Waals surface area contributed by atoms with Crippen molar-refractivity contribution < 1.29 is 0 Å². The second-order valence-electron chi connectivity index (χ2n) is 3.49. The lowest BCUT2D eigenvalue weighted by Crippen LogP contribution is -2.14. The molecule has 1 heterocycles. The molecule has 78 valence electrons. The van der Waals surface area contributed by atoms with Gasteiger partial charge in [0.15, 0.2) is 0 Å². The van der Waals surface area contributed by atoms with Crippen molar-refractivity contribution in [1.82, 2.24) is 9.97 Å². The first-order chi connectivity index (χ1) is 6.72. The Hall–Kier alpha value is -0.770. The molecule has 14 heavy (non-hydrogen) atoms. The third-order valence-electron chi connectivity index (χ3n) is 1.89. The van der Waals surface area contributed by atoms with Gasteiger partial charge in [0.25, 0.3) is 0 Å². The first-order valence-corrected chi connectivity index (χ1v) is 6.13. The van der Waals surface area contributed by atoms with Gasteiger partial charge < -0.3 is 5.32 Å². The summed E-state index contributed by atoms with van der Waals surface area (Å²) >= 11 is 1.88. The van der Waals surface area contributed by atoms with E-state index in [1.807, 2.05) is 24.8 Å². The summed E-state index contributed by atoms with van der Waals surface area (Å²) in [5.74, 6) is 2.77. The van der Waals surface area contributed by atoms with Gasteiger partial charge in [-0.3, -0.25) is 0 Å². The molecule has 0 saturated heterocycles. The Kier molecular flexibility index (Phi) is 4.73. The third-order valence-corrected chi connectivity index (χ3v) is 2.79. The minimum absolute atomic E-state index is 0.667. The molecule has 3 nitrogen and oxygen atoms in total. The van der Waals surface area contributed by atoms with Crippen molar-refractivity contribution in [3.8, 4) is 0 Å². The van der Waals surface area contributed by atoms with Crippen LogP contribution in [0.2, 0.25) is 0 Å². The number of rotatable bonds is 5. The SMILES string of the molecule is CSCC(C)CNc1cc(C)ncn1. The van der Waals surface area contributed by atoms with Crippen molar-refractivity contribution in [2.75, 3.05) is 23.9 Å². The number of aromatic nitrogens is 2. The number of nitrogens with one attached hydrogen (secondary N) is 1. The number of hydrogen-bond donors (Lipinski definition) is 1. The van der Waals surface area contributed by atoms with Crippen LogP contribution in [0.3, 0.4) is 0 Å². The van der Waals surface area contributed by atoms with Crippen molar-refractivity contribution in [2.45, 2.75) is 13.8 Å². The van der Waals surface area contributed by atoms with Crippen LogP contribution in [0.4, 0.5) is 5.82 Å². The Morgan fingerprint density at radius 3 is 2.93 bits per heavy atom. The highest BCUT2D eigenvalue weighted by molar-refractivity contribution is 7.98. The van der Waals surface area contributed by atoms with Gasteiger partial charge in [0.1, 0.15) is 12.1 Å². The lowest BCUT2D eigenvalue weighted by atomic mass is 10.2. The van der Waals surface area contributed by atoms with Gasteiger partial charge in [-0.25, -0.2) is 9.97 Å². The van der Waals surface area contributed by atoms with Gasteiger partial charge in [0.2, 0.25) is 0 Å². The largest absolute Gasteiger partial charge is 0.370 e. The fourth-order valence-corrected chi connectivity index (χ4v) is 1.86. The average Bonchev–Trinajstić information content (AvgIpc) is 2.15. The maximum absolute atomic E-state index is 4.14. The van der Waals surface area contributed by atoms with Gasteiger partial charge in [-0.15, -0.1) is 0 Å². The summed E-state index contributed by atoms with van der Waals surface area (Å²) in [4.78, 5) is 8.19. The maximum Gasteiger partial charge on any atom is 0.129 e. The van der Waals surface area contributed by atoms with Gasteiger partial charge in [-0.2, -0.15) is 11.8 Å². The number of thioether (sulfide) groups is 1. The van der Waals surface area contributed by atoms with Crippen molar-refractivity contribution in [2.24, 2.45) is 5.92 Å². The third kappa shape index (κ3) is 3.96. The molecule has 1 aromatic heterocycles. The van der Waals surface area contributed by atoms with Gasteiger partial charge in [0.05, 0.1) is 0 Å². The molecule has 0 fully saturated rings. The molecule has 0 aliphatic carbocycles. The zero-order valence-electron chi connectivity index (χ0n) is 8.95. The van der Waals surface area contributed by atoms with E-state index in [4.69, 9.17) is 0 Å². The fourth-order valence-electron chi connectivity index (χ4n) is 1.17. The van der Waals surface area contributed by atoms with E-state index in [0.29, 0.717) is 5.92 Å². The zero-order valence-corrected chi connectivity index (χ0v) is 9.77. The highest BCUT2D eigenvalue weighted by Gasteiger charge is 2.01. The van der Waals surface area contributed by atoms with Gasteiger partial charge in [-0.1, -0.05) is 6.92 Å². The molecule has 0 aromatic carbocycles. The quantitative estimate of drug-likeness (QED) is 0.810. The van der Waals surface area contributed by atoms with Crippen molar-refractivity contribution >= 4 is 17.6 Å². The highest BCUT2D eigenvalue weighted by atomic mass is 32.2. The highest BCUT2D eigenvalue weighted by Crippen LogP contribution is 2.07. The van der Waals surface area contributed by atoms with Crippen LogP contribution in [0.25, 0.3) is 0 Å². The molecule has 1 atom stereocenters. The number of aryl methyl sites for hydroxylation is 1. The number of hydrogen-bond acceptors (Lipinski definition) is 4. The Morgan fingerprint density at radius 1 is 1.50 bits per heavy atom. The number of anilines is 1. The smallest absolute Gasteiger partial charge is 0.129 e. The predicted molar refractivity (Wildman–Crippen MR) is 62.8 cm³/mol. The van der Waals surface area contributed by atoms with Crippen LogP contribution in [0.1, 0.15) is 12.6 Å². The van der Waals surface area contributed by atoms with Crippen molar-refractivity contribution in [3.05, 3.63) is 18.1 Å². The molecule has 1 unspecified atom stereocenters. The van der Waals surface area contributed by atoms with E-state index in [9.17, 15) is 0 Å². The van der Waals surface area contributed by atoms with E-state index in [2.05, 4.69) is 28.5 Å². The molecule has 0 amide bonds. The standard InChI is InChI=1S/C10H17N3S/c1-8(6-14-3)5-11-10-4-9(2)12-7-13-10/h4,7-8H,5-6H2,1-3H3,(H,11,12,13). The fraction of sp³-hybridized carbons (Fsp3) is 0.600. The summed E-state index contributed by atoms with van der Waals surface area (Å²) < 4.78 is 0. The van der Waals surface area contributed by atoms with Crippen LogP contribution in [-0.4, -0.2) is 28.5 Å². The van der Waals surface area contributed by atoms with Crippen molar-refractivity contribution in [3.63, 3.8) is 0 Å². The summed E-state index contributed by atoms with van der Waals surface area (Å²) in [5, 5.41) is 3.31. The van der Waals surface area contributed by atoms with Crippen LogP contribution in [-0.2, 0) is 0 Å². The van der Waals surface area contributed by atoms with Crippen molar-refractivity contribution in [1.29, 1.82) is 0 Å². The minimum atomic E-state index is 0.667. The molecule has 0 aliphatic heterocycles. The molecule has 4 heteroatoms. The molecular formula is C10H17N3S. The summed E-state index contributed by atoms with van der Waals surface area (Å²) in [6.45, 7) is 5.17. The Labute approximate surface area is 89.7 Å². The average molecular weight is 211 g/mol. The summed E-state index contributed by atoms with van der Waals surface area (Å²) in [6, 6.07) is 1.96. The molecule has 0 spiro atoms. The predicted octanol–water partition coefficient (Wildman–Crippen LogP) is 2.20. The molecule has 0 bridgehead atoms. The van der Waals surface area contributed by atoms with Gasteiger partial charge in [-0.05, 0) is 24.9 Å². The maximum atomic E-state index is 4.14.